The Bertz CT molecular complexity index is 1290. The Morgan fingerprint density at radius 1 is 1.23 bits per heavy atom. The van der Waals surface area contributed by atoms with Gasteiger partial charge in [-0.3, -0.25) is 14.4 Å². The average Bonchev–Trinajstić information content (AvgIpc) is 3.21. The van der Waals surface area contributed by atoms with E-state index in [4.69, 9.17) is 9.84 Å². The fraction of sp³-hybridized carbons (Fsp3) is 0.444. The maximum absolute atomic E-state index is 13.2. The first-order chi connectivity index (χ1) is 18.4. The van der Waals surface area contributed by atoms with Gasteiger partial charge >= 0.3 is 12.1 Å². The van der Waals surface area contributed by atoms with E-state index in [1.54, 1.807) is 23.1 Å². The van der Waals surface area contributed by atoms with Gasteiger partial charge in [0.15, 0.2) is 0 Å². The van der Waals surface area contributed by atoms with Crippen molar-refractivity contribution in [3.63, 3.8) is 0 Å². The number of carbonyl (C=O) groups excluding carboxylic acids is 3. The summed E-state index contributed by atoms with van der Waals surface area (Å²) < 4.78 is 5.48. The number of amides is 3. The minimum absolute atomic E-state index is 0.131. The molecule has 3 rings (SSSR count). The number of anilines is 2. The van der Waals surface area contributed by atoms with Crippen LogP contribution in [0.2, 0.25) is 0 Å². The highest BCUT2D eigenvalue weighted by atomic mass is 32.2. The largest absolute Gasteiger partial charge is 0.481 e. The second-order valence-electron chi connectivity index (χ2n) is 9.95. The van der Waals surface area contributed by atoms with Crippen LogP contribution < -0.4 is 10.6 Å². The predicted molar refractivity (Wildman–Crippen MR) is 150 cm³/mol. The van der Waals surface area contributed by atoms with Crippen LogP contribution in [0.4, 0.5) is 15.5 Å². The van der Waals surface area contributed by atoms with Gasteiger partial charge in [0.1, 0.15) is 16.7 Å². The highest BCUT2D eigenvalue weighted by molar-refractivity contribution is 8.00. The molecule has 1 atom stereocenters. The molecule has 1 aliphatic rings. The highest BCUT2D eigenvalue weighted by Crippen LogP contribution is 2.38. The maximum atomic E-state index is 13.2. The molecule has 0 spiro atoms. The first kappa shape index (κ1) is 30.0. The molecular formula is C27H32N4O6S2. The summed E-state index contributed by atoms with van der Waals surface area (Å²) in [5.74, 6) is -1.70. The number of aliphatic carboxylic acids is 1. The van der Waals surface area contributed by atoms with Crippen molar-refractivity contribution in [2.45, 2.75) is 75.7 Å². The van der Waals surface area contributed by atoms with Crippen LogP contribution in [-0.4, -0.2) is 51.3 Å². The minimum atomic E-state index is -1.04. The number of carboxylic acids is 1. The molecule has 1 aromatic carbocycles. The van der Waals surface area contributed by atoms with Gasteiger partial charge in [0, 0.05) is 28.4 Å². The fourth-order valence-corrected chi connectivity index (χ4v) is 6.09. The Morgan fingerprint density at radius 2 is 1.97 bits per heavy atom. The number of nitrogens with one attached hydrogen (secondary N) is 2. The van der Waals surface area contributed by atoms with Crippen molar-refractivity contribution < 1.29 is 29.0 Å². The zero-order valence-electron chi connectivity index (χ0n) is 22.3. The van der Waals surface area contributed by atoms with E-state index in [0.29, 0.717) is 42.2 Å². The van der Waals surface area contributed by atoms with Crippen LogP contribution in [0.3, 0.4) is 0 Å². The SMILES string of the molecule is CCC(Sc1cccc(NC(=O)CCC(=O)O)c1)C(=O)Nc1sc2c(c1C#N)CCN(C(=O)OC(C)(C)C)C2. The number of thioether (sulfide) groups is 1. The third-order valence-corrected chi connectivity index (χ3v) is 8.17. The monoisotopic (exact) mass is 572 g/mol. The number of benzene rings is 1. The zero-order valence-corrected chi connectivity index (χ0v) is 24.0. The third kappa shape index (κ3) is 8.46. The first-order valence-corrected chi connectivity index (χ1v) is 14.2. The van der Waals surface area contributed by atoms with Crippen molar-refractivity contribution in [1.29, 1.82) is 5.26 Å². The summed E-state index contributed by atoms with van der Waals surface area (Å²) in [6.45, 7) is 8.06. The van der Waals surface area contributed by atoms with E-state index in [0.717, 1.165) is 15.3 Å². The van der Waals surface area contributed by atoms with E-state index in [-0.39, 0.29) is 18.7 Å². The molecule has 0 radical (unpaired) electrons. The lowest BCUT2D eigenvalue weighted by molar-refractivity contribution is -0.138. The molecule has 0 aliphatic carbocycles. The Labute approximate surface area is 235 Å². The molecule has 0 saturated heterocycles. The summed E-state index contributed by atoms with van der Waals surface area (Å²) in [5, 5.41) is 24.2. The summed E-state index contributed by atoms with van der Waals surface area (Å²) in [5.41, 5.74) is 1.18. The molecular weight excluding hydrogens is 540 g/mol. The minimum Gasteiger partial charge on any atom is -0.481 e. The van der Waals surface area contributed by atoms with Crippen LogP contribution in [-0.2, 0) is 32.1 Å². The zero-order chi connectivity index (χ0) is 28.7. The summed E-state index contributed by atoms with van der Waals surface area (Å²) in [7, 11) is 0. The van der Waals surface area contributed by atoms with Crippen molar-refractivity contribution in [2.75, 3.05) is 17.2 Å². The number of nitriles is 1. The van der Waals surface area contributed by atoms with Crippen LogP contribution in [0.15, 0.2) is 29.2 Å². The molecule has 2 aromatic rings. The molecule has 3 N–H and O–H groups in total. The lowest BCUT2D eigenvalue weighted by atomic mass is 10.0. The molecule has 3 amide bonds. The third-order valence-electron chi connectivity index (χ3n) is 5.68. The molecule has 1 aliphatic heterocycles. The van der Waals surface area contributed by atoms with Crippen LogP contribution in [0, 0.1) is 11.3 Å². The molecule has 0 fully saturated rings. The molecule has 10 nitrogen and oxygen atoms in total. The number of rotatable bonds is 9. The number of hydrogen-bond acceptors (Lipinski definition) is 8. The Hall–Kier alpha value is -3.56. The quantitative estimate of drug-likeness (QED) is 0.346. The summed E-state index contributed by atoms with van der Waals surface area (Å²) in [6.07, 6.45) is 0.224. The van der Waals surface area contributed by atoms with Gasteiger partial charge < -0.3 is 25.4 Å². The second kappa shape index (κ2) is 13.0. The number of carbonyl (C=O) groups is 4. The van der Waals surface area contributed by atoms with Gasteiger partial charge in [-0.1, -0.05) is 13.0 Å². The molecule has 1 unspecified atom stereocenters. The fourth-order valence-electron chi connectivity index (χ4n) is 3.86. The van der Waals surface area contributed by atoms with E-state index < -0.39 is 28.8 Å². The summed E-state index contributed by atoms with van der Waals surface area (Å²) >= 11 is 2.63. The second-order valence-corrected chi connectivity index (χ2v) is 12.3. The Balaban J connectivity index is 1.68. The molecule has 1 aromatic heterocycles. The number of ether oxygens (including phenoxy) is 1. The van der Waals surface area contributed by atoms with E-state index in [1.807, 2.05) is 33.8 Å². The smallest absolute Gasteiger partial charge is 0.410 e. The van der Waals surface area contributed by atoms with E-state index >= 15 is 0 Å². The molecule has 0 saturated carbocycles. The average molecular weight is 573 g/mol. The van der Waals surface area contributed by atoms with E-state index in [1.165, 1.54) is 23.1 Å². The van der Waals surface area contributed by atoms with Crippen molar-refractivity contribution in [1.82, 2.24) is 4.90 Å². The molecule has 39 heavy (non-hydrogen) atoms. The van der Waals surface area contributed by atoms with Crippen molar-refractivity contribution in [3.05, 3.63) is 40.3 Å². The normalized spacial score (nSPS) is 13.6. The predicted octanol–water partition coefficient (Wildman–Crippen LogP) is 5.23. The van der Waals surface area contributed by atoms with Crippen LogP contribution in [0.1, 0.15) is 63.0 Å². The molecule has 0 bridgehead atoms. The highest BCUT2D eigenvalue weighted by Gasteiger charge is 2.30. The van der Waals surface area contributed by atoms with Crippen LogP contribution in [0.25, 0.3) is 0 Å². The van der Waals surface area contributed by atoms with Gasteiger partial charge in [0.05, 0.1) is 23.8 Å². The van der Waals surface area contributed by atoms with E-state index in [2.05, 4.69) is 16.7 Å². The summed E-state index contributed by atoms with van der Waals surface area (Å²) in [4.78, 5) is 51.6. The number of carboxylic acid groups (broad SMARTS) is 1. The van der Waals surface area contributed by atoms with Gasteiger partial charge in [-0.2, -0.15) is 5.26 Å². The standard InChI is InChI=1S/C27H32N4O6S2/c1-5-20(38-17-8-6-7-16(13-17)29-22(32)9-10-23(33)34)24(35)30-25-19(14-28)18-11-12-31(15-21(18)39-25)26(36)37-27(2,3)4/h6-8,13,20H,5,9-12,15H2,1-4H3,(H,29,32)(H,30,35)(H,33,34). The van der Waals surface area contributed by atoms with Crippen LogP contribution >= 0.6 is 23.1 Å². The lowest BCUT2D eigenvalue weighted by Crippen LogP contribution is -2.39. The number of hydrogen-bond donors (Lipinski definition) is 3. The van der Waals surface area contributed by atoms with E-state index in [9.17, 15) is 24.4 Å². The topological polar surface area (TPSA) is 149 Å². The number of fused-ring (bicyclic) bond motifs is 1. The first-order valence-electron chi connectivity index (χ1n) is 12.5. The number of thiophene rings is 1. The molecule has 2 heterocycles. The Kier molecular flexibility index (Phi) is 9.99. The van der Waals surface area contributed by atoms with Gasteiger partial charge in [-0.05, 0) is 57.4 Å². The van der Waals surface area contributed by atoms with Crippen molar-refractivity contribution in [3.8, 4) is 6.07 Å². The number of nitrogens with zero attached hydrogens (tertiary/aromatic N) is 2. The van der Waals surface area contributed by atoms with Crippen LogP contribution in [0.5, 0.6) is 0 Å². The van der Waals surface area contributed by atoms with Gasteiger partial charge in [0.25, 0.3) is 0 Å². The van der Waals surface area contributed by atoms with Gasteiger partial charge in [0.2, 0.25) is 11.8 Å². The molecule has 208 valence electrons. The maximum Gasteiger partial charge on any atom is 0.410 e. The van der Waals surface area contributed by atoms with Crippen molar-refractivity contribution in [2.24, 2.45) is 0 Å². The van der Waals surface area contributed by atoms with Gasteiger partial charge in [-0.15, -0.1) is 23.1 Å². The van der Waals surface area contributed by atoms with Gasteiger partial charge in [-0.25, -0.2) is 4.79 Å². The Morgan fingerprint density at radius 3 is 2.62 bits per heavy atom. The summed E-state index contributed by atoms with van der Waals surface area (Å²) in [6, 6.07) is 9.21. The lowest BCUT2D eigenvalue weighted by Gasteiger charge is -2.29. The van der Waals surface area contributed by atoms with Crippen molar-refractivity contribution >= 4 is 57.7 Å². The molecule has 12 heteroatoms.